The number of pyridine rings is 1. The number of hydrogen-bond donors (Lipinski definition) is 1. The summed E-state index contributed by atoms with van der Waals surface area (Å²) in [6.07, 6.45) is 10.7. The highest BCUT2D eigenvalue weighted by Gasteiger charge is 2.24. The lowest BCUT2D eigenvalue weighted by Gasteiger charge is -2.28. The van der Waals surface area contributed by atoms with Crippen molar-refractivity contribution in [1.82, 2.24) is 19.7 Å². The number of aromatic amines is 1. The Morgan fingerprint density at radius 3 is 2.80 bits per heavy atom. The third kappa shape index (κ3) is 2.67. The fraction of sp³-hybridized carbons (Fsp3) is 0.500. The summed E-state index contributed by atoms with van der Waals surface area (Å²) in [5.41, 5.74) is 1.02. The van der Waals surface area contributed by atoms with Crippen LogP contribution in [0.25, 0.3) is 11.4 Å². The van der Waals surface area contributed by atoms with Crippen LogP contribution in [0.4, 0.5) is 0 Å². The van der Waals surface area contributed by atoms with Crippen LogP contribution in [0.5, 0.6) is 0 Å². The first-order chi connectivity index (χ1) is 9.79. The van der Waals surface area contributed by atoms with Gasteiger partial charge in [0, 0.05) is 29.2 Å². The minimum atomic E-state index is 0.458. The molecule has 0 spiro atoms. The highest BCUT2D eigenvalue weighted by Crippen LogP contribution is 2.35. The van der Waals surface area contributed by atoms with Crippen LogP contribution in [0, 0.1) is 4.77 Å². The van der Waals surface area contributed by atoms with Gasteiger partial charge in [0.15, 0.2) is 10.6 Å². The zero-order valence-corrected chi connectivity index (χ0v) is 13.1. The summed E-state index contributed by atoms with van der Waals surface area (Å²) in [6.45, 7) is 0. The second-order valence-electron chi connectivity index (χ2n) is 5.13. The molecule has 1 N–H and O–H groups in total. The maximum absolute atomic E-state index is 5.43. The number of nitrogens with zero attached hydrogens (tertiary/aromatic N) is 3. The van der Waals surface area contributed by atoms with Gasteiger partial charge in [0.2, 0.25) is 0 Å². The van der Waals surface area contributed by atoms with Gasteiger partial charge in [-0.1, -0.05) is 0 Å². The number of aromatic nitrogens is 4. The molecule has 4 nitrogen and oxygen atoms in total. The molecular formula is C14H18N4S2. The predicted octanol–water partition coefficient (Wildman–Crippen LogP) is 3.85. The first-order valence-corrected chi connectivity index (χ1v) is 8.59. The molecule has 0 unspecified atom stereocenters. The predicted molar refractivity (Wildman–Crippen MR) is 85.5 cm³/mol. The molecule has 20 heavy (non-hydrogen) atoms. The molecule has 0 amide bonds. The monoisotopic (exact) mass is 306 g/mol. The Balaban J connectivity index is 1.91. The summed E-state index contributed by atoms with van der Waals surface area (Å²) < 4.78 is 2.90. The molecule has 0 aromatic carbocycles. The van der Waals surface area contributed by atoms with E-state index in [1.54, 1.807) is 6.20 Å². The molecule has 3 rings (SSSR count). The Kier molecular flexibility index (Phi) is 4.21. The molecule has 2 aromatic heterocycles. The summed E-state index contributed by atoms with van der Waals surface area (Å²) in [6, 6.07) is 4.42. The molecule has 2 aromatic rings. The maximum atomic E-state index is 5.43. The lowest BCUT2D eigenvalue weighted by Crippen LogP contribution is -2.20. The van der Waals surface area contributed by atoms with Crippen molar-refractivity contribution in [3.8, 4) is 11.4 Å². The van der Waals surface area contributed by atoms with Crippen molar-refractivity contribution in [2.75, 3.05) is 6.26 Å². The molecule has 0 saturated heterocycles. The van der Waals surface area contributed by atoms with E-state index in [0.29, 0.717) is 6.04 Å². The Labute approximate surface area is 128 Å². The number of H-pyrrole nitrogens is 1. The molecule has 0 aliphatic heterocycles. The van der Waals surface area contributed by atoms with Crippen molar-refractivity contribution >= 4 is 24.0 Å². The minimum Gasteiger partial charge on any atom is -0.297 e. The van der Waals surface area contributed by atoms with Gasteiger partial charge in [0.05, 0.1) is 0 Å². The topological polar surface area (TPSA) is 46.5 Å². The second-order valence-corrected chi connectivity index (χ2v) is 6.66. The van der Waals surface area contributed by atoms with Crippen molar-refractivity contribution < 1.29 is 0 Å². The van der Waals surface area contributed by atoms with Crippen molar-refractivity contribution in [1.29, 1.82) is 0 Å². The van der Waals surface area contributed by atoms with Gasteiger partial charge < -0.3 is 0 Å². The van der Waals surface area contributed by atoms with Gasteiger partial charge in [-0.25, -0.2) is 0 Å². The Morgan fingerprint density at radius 1 is 1.35 bits per heavy atom. The quantitative estimate of drug-likeness (QED) is 0.875. The van der Waals surface area contributed by atoms with Gasteiger partial charge >= 0.3 is 0 Å². The molecule has 106 valence electrons. The number of hydrogen-bond acceptors (Lipinski definition) is 4. The van der Waals surface area contributed by atoms with E-state index in [9.17, 15) is 0 Å². The molecule has 0 bridgehead atoms. The van der Waals surface area contributed by atoms with Crippen LogP contribution >= 0.6 is 24.0 Å². The largest absolute Gasteiger partial charge is 0.297 e. The molecule has 0 radical (unpaired) electrons. The molecule has 0 atom stereocenters. The number of thioether (sulfide) groups is 1. The lowest BCUT2D eigenvalue weighted by atomic mass is 9.94. The van der Waals surface area contributed by atoms with Crippen LogP contribution in [0.1, 0.15) is 31.7 Å². The molecule has 1 fully saturated rings. The normalized spacial score (nSPS) is 22.9. The summed E-state index contributed by atoms with van der Waals surface area (Å²) in [4.78, 5) is 4.18. The van der Waals surface area contributed by atoms with Gasteiger partial charge in [-0.15, -0.1) is 0 Å². The average molecular weight is 306 g/mol. The van der Waals surface area contributed by atoms with Gasteiger partial charge in [-0.05, 0) is 56.3 Å². The van der Waals surface area contributed by atoms with E-state index in [1.165, 1.54) is 25.7 Å². The smallest absolute Gasteiger partial charge is 0.195 e. The highest BCUT2D eigenvalue weighted by atomic mass is 32.2. The molecule has 6 heteroatoms. The maximum Gasteiger partial charge on any atom is 0.195 e. The van der Waals surface area contributed by atoms with Gasteiger partial charge in [-0.2, -0.15) is 16.9 Å². The molecule has 2 heterocycles. The second kappa shape index (κ2) is 6.10. The summed E-state index contributed by atoms with van der Waals surface area (Å²) in [5.74, 6) is 0.913. The zero-order chi connectivity index (χ0) is 13.9. The third-order valence-corrected chi connectivity index (χ3v) is 5.39. The average Bonchev–Trinajstić information content (AvgIpc) is 2.90. The Hall–Kier alpha value is -1.14. The van der Waals surface area contributed by atoms with E-state index in [1.807, 2.05) is 30.1 Å². The van der Waals surface area contributed by atoms with Crippen molar-refractivity contribution in [3.05, 3.63) is 29.3 Å². The summed E-state index contributed by atoms with van der Waals surface area (Å²) >= 11 is 7.41. The zero-order valence-electron chi connectivity index (χ0n) is 11.5. The van der Waals surface area contributed by atoms with Crippen LogP contribution in [-0.2, 0) is 0 Å². The molecule has 1 saturated carbocycles. The van der Waals surface area contributed by atoms with Crippen LogP contribution in [0.2, 0.25) is 0 Å². The van der Waals surface area contributed by atoms with Crippen LogP contribution < -0.4 is 0 Å². The number of rotatable bonds is 3. The lowest BCUT2D eigenvalue weighted by molar-refractivity contribution is 0.359. The van der Waals surface area contributed by atoms with Gasteiger partial charge in [-0.3, -0.25) is 14.6 Å². The van der Waals surface area contributed by atoms with Gasteiger partial charge in [0.1, 0.15) is 0 Å². The first-order valence-electron chi connectivity index (χ1n) is 6.89. The standard InChI is InChI=1S/C14H18N4S2/c1-20-12-6-4-11(5-7-12)18-13(16-17-14(18)19)10-3-2-8-15-9-10/h2-3,8-9,11-12H,4-7H2,1H3,(H,17,19). The Morgan fingerprint density at radius 2 is 2.15 bits per heavy atom. The van der Waals surface area contributed by atoms with Crippen LogP contribution in [0.3, 0.4) is 0 Å². The number of nitrogens with one attached hydrogen (secondary N) is 1. The fourth-order valence-corrected chi connectivity index (χ4v) is 3.91. The van der Waals surface area contributed by atoms with Crippen molar-refractivity contribution in [3.63, 3.8) is 0 Å². The van der Waals surface area contributed by atoms with E-state index in [0.717, 1.165) is 21.4 Å². The fourth-order valence-electron chi connectivity index (χ4n) is 2.88. The minimum absolute atomic E-state index is 0.458. The Bertz CT molecular complexity index is 612. The van der Waals surface area contributed by atoms with E-state index >= 15 is 0 Å². The van der Waals surface area contributed by atoms with E-state index in [2.05, 4.69) is 26.0 Å². The van der Waals surface area contributed by atoms with Crippen LogP contribution in [0.15, 0.2) is 24.5 Å². The van der Waals surface area contributed by atoms with Crippen LogP contribution in [-0.4, -0.2) is 31.3 Å². The SMILES string of the molecule is CSC1CCC(n2c(-c3cccnc3)n[nH]c2=S)CC1. The molecule has 1 aliphatic carbocycles. The molecular weight excluding hydrogens is 288 g/mol. The van der Waals surface area contributed by atoms with E-state index in [4.69, 9.17) is 12.2 Å². The van der Waals surface area contributed by atoms with E-state index < -0.39 is 0 Å². The van der Waals surface area contributed by atoms with E-state index in [-0.39, 0.29) is 0 Å². The van der Waals surface area contributed by atoms with Gasteiger partial charge in [0.25, 0.3) is 0 Å². The summed E-state index contributed by atoms with van der Waals surface area (Å²) in [5, 5.41) is 8.14. The molecule has 1 aliphatic rings. The third-order valence-electron chi connectivity index (χ3n) is 3.97. The first kappa shape index (κ1) is 13.8. The summed E-state index contributed by atoms with van der Waals surface area (Å²) in [7, 11) is 0. The highest BCUT2D eigenvalue weighted by molar-refractivity contribution is 7.99. The van der Waals surface area contributed by atoms with Crippen molar-refractivity contribution in [2.45, 2.75) is 37.0 Å². The van der Waals surface area contributed by atoms with Crippen molar-refractivity contribution in [2.24, 2.45) is 0 Å².